The van der Waals surface area contributed by atoms with Crippen molar-refractivity contribution in [3.63, 3.8) is 0 Å². The van der Waals surface area contributed by atoms with Crippen molar-refractivity contribution in [3.8, 4) is 0 Å². The van der Waals surface area contributed by atoms with E-state index in [-0.39, 0.29) is 5.28 Å². The van der Waals surface area contributed by atoms with Gasteiger partial charge in [-0.25, -0.2) is 15.0 Å². The Morgan fingerprint density at radius 3 is 3.07 bits per heavy atom. The molecule has 0 amide bonds. The molecule has 2 heterocycles. The number of hydrogen-bond donors (Lipinski definition) is 1. The second kappa shape index (κ2) is 4.55. The summed E-state index contributed by atoms with van der Waals surface area (Å²) in [6.07, 6.45) is 3.47. The van der Waals surface area contributed by atoms with Gasteiger partial charge in [0.05, 0.1) is 6.54 Å². The van der Waals surface area contributed by atoms with E-state index in [1.54, 1.807) is 23.7 Å². The molecule has 0 saturated carbocycles. The molecule has 15 heavy (non-hydrogen) atoms. The largest absolute Gasteiger partial charge is 0.363 e. The van der Waals surface area contributed by atoms with Gasteiger partial charge in [0.1, 0.15) is 10.8 Å². The molecule has 0 aromatic carbocycles. The van der Waals surface area contributed by atoms with Gasteiger partial charge in [0.25, 0.3) is 0 Å². The van der Waals surface area contributed by atoms with E-state index in [4.69, 9.17) is 11.6 Å². The average Bonchev–Trinajstić information content (AvgIpc) is 2.72. The summed E-state index contributed by atoms with van der Waals surface area (Å²) < 4.78 is 0. The van der Waals surface area contributed by atoms with Crippen molar-refractivity contribution in [2.24, 2.45) is 0 Å². The van der Waals surface area contributed by atoms with E-state index < -0.39 is 0 Å². The van der Waals surface area contributed by atoms with Crippen LogP contribution in [0.5, 0.6) is 0 Å². The van der Waals surface area contributed by atoms with Crippen LogP contribution >= 0.6 is 22.9 Å². The van der Waals surface area contributed by atoms with Crippen molar-refractivity contribution in [2.45, 2.75) is 13.5 Å². The Balaban J connectivity index is 2.07. The summed E-state index contributed by atoms with van der Waals surface area (Å²) >= 11 is 7.30. The smallest absolute Gasteiger partial charge is 0.224 e. The molecule has 78 valence electrons. The van der Waals surface area contributed by atoms with Crippen molar-refractivity contribution < 1.29 is 0 Å². The molecule has 0 saturated heterocycles. The maximum Gasteiger partial charge on any atom is 0.224 e. The fourth-order valence-electron chi connectivity index (χ4n) is 1.10. The van der Waals surface area contributed by atoms with E-state index in [9.17, 15) is 0 Å². The van der Waals surface area contributed by atoms with Gasteiger partial charge in [0.15, 0.2) is 0 Å². The molecule has 2 aromatic heterocycles. The normalized spacial score (nSPS) is 10.3. The van der Waals surface area contributed by atoms with Crippen molar-refractivity contribution in [1.82, 2.24) is 15.0 Å². The maximum absolute atomic E-state index is 5.70. The Kier molecular flexibility index (Phi) is 3.13. The van der Waals surface area contributed by atoms with Gasteiger partial charge >= 0.3 is 0 Å². The Bertz CT molecular complexity index is 443. The molecule has 0 aliphatic rings. The first kappa shape index (κ1) is 10.3. The highest BCUT2D eigenvalue weighted by Gasteiger charge is 2.02. The summed E-state index contributed by atoms with van der Waals surface area (Å²) in [6, 6.07) is 0. The molecule has 6 heteroatoms. The number of nitrogens with one attached hydrogen (secondary N) is 1. The highest BCUT2D eigenvalue weighted by atomic mass is 35.5. The second-order valence-corrected chi connectivity index (χ2v) is 4.27. The lowest BCUT2D eigenvalue weighted by atomic mass is 10.3. The van der Waals surface area contributed by atoms with E-state index >= 15 is 0 Å². The molecule has 0 unspecified atom stereocenters. The molecule has 2 aromatic rings. The topological polar surface area (TPSA) is 50.7 Å². The minimum absolute atomic E-state index is 0.252. The number of nitrogens with zero attached hydrogens (tertiary/aromatic N) is 3. The van der Waals surface area contributed by atoms with Crippen LogP contribution in [0.2, 0.25) is 5.28 Å². The lowest BCUT2D eigenvalue weighted by molar-refractivity contribution is 1.04. The standard InChI is InChI=1S/C9H9ClN4S/c1-6-4-13-9(10)14-8(6)12-5-7-11-2-3-15-7/h2-4H,5H2,1H3,(H,12,13,14). The van der Waals surface area contributed by atoms with Gasteiger partial charge in [0, 0.05) is 23.3 Å². The van der Waals surface area contributed by atoms with Crippen molar-refractivity contribution >= 4 is 28.8 Å². The van der Waals surface area contributed by atoms with E-state index in [2.05, 4.69) is 20.3 Å². The Hall–Kier alpha value is -1.20. The molecule has 0 bridgehead atoms. The van der Waals surface area contributed by atoms with E-state index in [0.717, 1.165) is 16.4 Å². The third-order valence-electron chi connectivity index (χ3n) is 1.83. The number of thiazole rings is 1. The van der Waals surface area contributed by atoms with Gasteiger partial charge in [-0.2, -0.15) is 0 Å². The number of rotatable bonds is 3. The summed E-state index contributed by atoms with van der Waals surface area (Å²) in [5.74, 6) is 0.755. The predicted octanol–water partition coefficient (Wildman–Crippen LogP) is 2.51. The van der Waals surface area contributed by atoms with E-state index in [1.807, 2.05) is 12.3 Å². The molecule has 0 aliphatic carbocycles. The van der Waals surface area contributed by atoms with Crippen molar-refractivity contribution in [1.29, 1.82) is 0 Å². The molecule has 0 fully saturated rings. The van der Waals surface area contributed by atoms with Crippen LogP contribution in [0.4, 0.5) is 5.82 Å². The highest BCUT2D eigenvalue weighted by molar-refractivity contribution is 7.09. The van der Waals surface area contributed by atoms with Gasteiger partial charge < -0.3 is 5.32 Å². The summed E-state index contributed by atoms with van der Waals surface area (Å²) in [7, 11) is 0. The zero-order valence-electron chi connectivity index (χ0n) is 8.07. The first-order valence-corrected chi connectivity index (χ1v) is 5.63. The molecule has 0 atom stereocenters. The van der Waals surface area contributed by atoms with E-state index in [0.29, 0.717) is 6.54 Å². The molecular weight excluding hydrogens is 232 g/mol. The van der Waals surface area contributed by atoms with Crippen LogP contribution < -0.4 is 5.32 Å². The average molecular weight is 241 g/mol. The number of aromatic nitrogens is 3. The molecule has 0 spiro atoms. The van der Waals surface area contributed by atoms with Crippen LogP contribution in [0, 0.1) is 6.92 Å². The SMILES string of the molecule is Cc1cnc(Cl)nc1NCc1nccs1. The van der Waals surface area contributed by atoms with Gasteiger partial charge in [-0.05, 0) is 18.5 Å². The predicted molar refractivity (Wildman–Crippen MR) is 61.2 cm³/mol. The third-order valence-corrected chi connectivity index (χ3v) is 2.79. The lowest BCUT2D eigenvalue weighted by Crippen LogP contribution is -2.03. The van der Waals surface area contributed by atoms with Crippen LogP contribution in [0.25, 0.3) is 0 Å². The zero-order chi connectivity index (χ0) is 10.7. The summed E-state index contributed by atoms with van der Waals surface area (Å²) in [5, 5.41) is 6.38. The third kappa shape index (κ3) is 2.64. The molecule has 2 rings (SSSR count). The summed E-state index contributed by atoms with van der Waals surface area (Å²) in [4.78, 5) is 12.1. The number of hydrogen-bond acceptors (Lipinski definition) is 5. The number of aryl methyl sites for hydroxylation is 1. The zero-order valence-corrected chi connectivity index (χ0v) is 9.64. The lowest BCUT2D eigenvalue weighted by Gasteiger charge is -2.05. The maximum atomic E-state index is 5.70. The molecule has 0 radical (unpaired) electrons. The van der Waals surface area contributed by atoms with E-state index in [1.165, 1.54) is 0 Å². The fraction of sp³-hybridized carbons (Fsp3) is 0.222. The van der Waals surface area contributed by atoms with Crippen LogP contribution in [0.15, 0.2) is 17.8 Å². The first-order valence-electron chi connectivity index (χ1n) is 4.37. The summed E-state index contributed by atoms with van der Waals surface area (Å²) in [6.45, 7) is 2.59. The van der Waals surface area contributed by atoms with Gasteiger partial charge in [-0.3, -0.25) is 0 Å². The Morgan fingerprint density at radius 2 is 2.33 bits per heavy atom. The second-order valence-electron chi connectivity index (χ2n) is 2.95. The molecule has 1 N–H and O–H groups in total. The first-order chi connectivity index (χ1) is 7.25. The Morgan fingerprint density at radius 1 is 1.47 bits per heavy atom. The van der Waals surface area contributed by atoms with Crippen LogP contribution in [-0.2, 0) is 6.54 Å². The molecular formula is C9H9ClN4S. The van der Waals surface area contributed by atoms with Crippen molar-refractivity contribution in [2.75, 3.05) is 5.32 Å². The minimum Gasteiger partial charge on any atom is -0.363 e. The Labute approximate surface area is 96.4 Å². The number of anilines is 1. The summed E-state index contributed by atoms with van der Waals surface area (Å²) in [5.41, 5.74) is 0.968. The quantitative estimate of drug-likeness (QED) is 0.838. The van der Waals surface area contributed by atoms with Gasteiger partial charge in [-0.15, -0.1) is 11.3 Å². The van der Waals surface area contributed by atoms with Gasteiger partial charge in [-0.1, -0.05) is 0 Å². The highest BCUT2D eigenvalue weighted by Crippen LogP contribution is 2.14. The van der Waals surface area contributed by atoms with Crippen LogP contribution in [0.1, 0.15) is 10.6 Å². The fourth-order valence-corrected chi connectivity index (χ4v) is 1.79. The van der Waals surface area contributed by atoms with Gasteiger partial charge in [0.2, 0.25) is 5.28 Å². The van der Waals surface area contributed by atoms with Crippen LogP contribution in [-0.4, -0.2) is 15.0 Å². The number of halogens is 1. The van der Waals surface area contributed by atoms with Crippen LogP contribution in [0.3, 0.4) is 0 Å². The van der Waals surface area contributed by atoms with Crippen molar-refractivity contribution in [3.05, 3.63) is 33.6 Å². The molecule has 4 nitrogen and oxygen atoms in total. The monoisotopic (exact) mass is 240 g/mol. The minimum atomic E-state index is 0.252. The molecule has 0 aliphatic heterocycles.